The van der Waals surface area contributed by atoms with E-state index in [4.69, 9.17) is 0 Å². The minimum Gasteiger partial charge on any atom is -0.351 e. The van der Waals surface area contributed by atoms with Crippen LogP contribution in [-0.2, 0) is 34.0 Å². The average molecular weight is 669 g/mol. The maximum atomic E-state index is 11.4. The van der Waals surface area contributed by atoms with Gasteiger partial charge in [-0.05, 0) is 16.7 Å². The highest BCUT2D eigenvalue weighted by atomic mass is 127. The second kappa shape index (κ2) is 12.2. The summed E-state index contributed by atoms with van der Waals surface area (Å²) in [6.45, 7) is 1.26. The van der Waals surface area contributed by atoms with Gasteiger partial charge in [0.15, 0.2) is 0 Å². The Labute approximate surface area is 182 Å². The molecule has 9 heteroatoms. The molecule has 0 aliphatic heterocycles. The molecule has 0 heterocycles. The smallest absolute Gasteiger partial charge is 0.230 e. The SMILES string of the molecule is O=C(CI)NCc1cc(CNC(=O)CI)cc(CNC(=O)CI)c1. The Morgan fingerprint density at radius 3 is 1.08 bits per heavy atom. The van der Waals surface area contributed by atoms with E-state index in [1.807, 2.05) is 86.0 Å². The van der Waals surface area contributed by atoms with Gasteiger partial charge in [-0.15, -0.1) is 0 Å². The van der Waals surface area contributed by atoms with Crippen LogP contribution in [0.5, 0.6) is 0 Å². The summed E-state index contributed by atoms with van der Waals surface area (Å²) in [5.41, 5.74) is 2.81. The van der Waals surface area contributed by atoms with Gasteiger partial charge in [0.25, 0.3) is 0 Å². The van der Waals surface area contributed by atoms with Crippen LogP contribution in [0.3, 0.4) is 0 Å². The van der Waals surface area contributed by atoms with Crippen LogP contribution < -0.4 is 16.0 Å². The summed E-state index contributed by atoms with van der Waals surface area (Å²) in [4.78, 5) is 34.3. The van der Waals surface area contributed by atoms with Crippen molar-refractivity contribution in [1.29, 1.82) is 0 Å². The molecule has 132 valence electrons. The fourth-order valence-corrected chi connectivity index (χ4v) is 2.70. The minimum atomic E-state index is -0.0287. The summed E-state index contributed by atoms with van der Waals surface area (Å²) in [5.74, 6) is -0.0862. The number of nitrogens with one attached hydrogen (secondary N) is 3. The third-order valence-corrected chi connectivity index (χ3v) is 5.02. The van der Waals surface area contributed by atoms with E-state index in [9.17, 15) is 14.4 Å². The Balaban J connectivity index is 2.84. The number of alkyl halides is 3. The van der Waals surface area contributed by atoms with Gasteiger partial charge in [0.1, 0.15) is 0 Å². The van der Waals surface area contributed by atoms with E-state index in [1.165, 1.54) is 0 Å². The van der Waals surface area contributed by atoms with Crippen molar-refractivity contribution < 1.29 is 14.4 Å². The van der Waals surface area contributed by atoms with Gasteiger partial charge < -0.3 is 16.0 Å². The van der Waals surface area contributed by atoms with Gasteiger partial charge in [-0.25, -0.2) is 0 Å². The van der Waals surface area contributed by atoms with Crippen molar-refractivity contribution in [1.82, 2.24) is 16.0 Å². The quantitative estimate of drug-likeness (QED) is 0.278. The van der Waals surface area contributed by atoms with Crippen molar-refractivity contribution in [3.8, 4) is 0 Å². The highest BCUT2D eigenvalue weighted by Crippen LogP contribution is 2.11. The molecule has 0 bridgehead atoms. The maximum Gasteiger partial charge on any atom is 0.230 e. The normalized spacial score (nSPS) is 10.1. The van der Waals surface area contributed by atoms with Crippen LogP contribution in [-0.4, -0.2) is 31.0 Å². The van der Waals surface area contributed by atoms with E-state index >= 15 is 0 Å². The first kappa shape index (κ1) is 21.9. The molecule has 0 unspecified atom stereocenters. The Morgan fingerprint density at radius 2 is 0.875 bits per heavy atom. The second-order valence-electron chi connectivity index (χ2n) is 4.89. The largest absolute Gasteiger partial charge is 0.351 e. The third kappa shape index (κ3) is 8.78. The molecule has 0 aromatic heterocycles. The lowest BCUT2D eigenvalue weighted by molar-refractivity contribution is -0.119. The molecule has 0 saturated carbocycles. The molecule has 0 saturated heterocycles. The predicted octanol–water partition coefficient (Wildman–Crippen LogP) is 1.84. The van der Waals surface area contributed by atoms with Crippen LogP contribution in [0.25, 0.3) is 0 Å². The molecule has 3 N–H and O–H groups in total. The number of amides is 3. The lowest BCUT2D eigenvalue weighted by atomic mass is 10.0. The van der Waals surface area contributed by atoms with Crippen LogP contribution >= 0.6 is 67.8 Å². The maximum absolute atomic E-state index is 11.4. The van der Waals surface area contributed by atoms with E-state index in [-0.39, 0.29) is 17.7 Å². The zero-order valence-electron chi connectivity index (χ0n) is 12.8. The summed E-state index contributed by atoms with van der Waals surface area (Å²) < 4.78 is 1.21. The predicted molar refractivity (Wildman–Crippen MR) is 119 cm³/mol. The first-order chi connectivity index (χ1) is 11.5. The average Bonchev–Trinajstić information content (AvgIpc) is 2.61. The molecule has 1 aromatic carbocycles. The van der Waals surface area contributed by atoms with Crippen molar-refractivity contribution in [2.24, 2.45) is 0 Å². The summed E-state index contributed by atoms with van der Waals surface area (Å²) in [5, 5.41) is 8.49. The van der Waals surface area contributed by atoms with Gasteiger partial charge >= 0.3 is 0 Å². The molecule has 3 amide bonds. The van der Waals surface area contributed by atoms with Gasteiger partial charge in [0.2, 0.25) is 17.7 Å². The van der Waals surface area contributed by atoms with Crippen LogP contribution in [0.4, 0.5) is 0 Å². The monoisotopic (exact) mass is 669 g/mol. The summed E-state index contributed by atoms with van der Waals surface area (Å²) in [7, 11) is 0. The first-order valence-electron chi connectivity index (χ1n) is 7.08. The summed E-state index contributed by atoms with van der Waals surface area (Å²) >= 11 is 6.03. The summed E-state index contributed by atoms with van der Waals surface area (Å²) in [6, 6.07) is 5.85. The van der Waals surface area contributed by atoms with E-state index in [0.29, 0.717) is 32.9 Å². The van der Waals surface area contributed by atoms with Crippen molar-refractivity contribution in [3.63, 3.8) is 0 Å². The Hall–Kier alpha value is -0.180. The lowest BCUT2D eigenvalue weighted by Gasteiger charge is -2.12. The van der Waals surface area contributed by atoms with Gasteiger partial charge in [0.05, 0.1) is 13.3 Å². The summed E-state index contributed by atoms with van der Waals surface area (Å²) in [6.07, 6.45) is 0. The van der Waals surface area contributed by atoms with Gasteiger partial charge in [0, 0.05) is 19.6 Å². The highest BCUT2D eigenvalue weighted by Gasteiger charge is 2.06. The second-order valence-corrected chi connectivity index (χ2v) is 7.18. The Bertz CT molecular complexity index is 503. The number of carbonyl (C=O) groups excluding carboxylic acids is 3. The molecule has 0 aliphatic carbocycles. The Kier molecular flexibility index (Phi) is 11.1. The van der Waals surface area contributed by atoms with E-state index in [0.717, 1.165) is 16.7 Å². The third-order valence-electron chi connectivity index (χ3n) is 2.95. The molecule has 1 rings (SSSR count). The minimum absolute atomic E-state index is 0.0287. The van der Waals surface area contributed by atoms with Gasteiger partial charge in [-0.1, -0.05) is 86.0 Å². The molecular weight excluding hydrogens is 651 g/mol. The molecule has 24 heavy (non-hydrogen) atoms. The number of hydrogen-bond donors (Lipinski definition) is 3. The number of rotatable bonds is 9. The standard InChI is InChI=1S/C15H18I3N3O3/c16-4-13(22)19-7-10-1-11(8-20-14(23)5-17)3-12(2-10)9-21-15(24)6-18/h1-3H,4-9H2,(H,19,22)(H,20,23)(H,21,24). The van der Waals surface area contributed by atoms with Crippen molar-refractivity contribution in [3.05, 3.63) is 34.9 Å². The van der Waals surface area contributed by atoms with Gasteiger partial charge in [-0.2, -0.15) is 0 Å². The zero-order chi connectivity index (χ0) is 17.9. The number of halogens is 3. The number of hydrogen-bond acceptors (Lipinski definition) is 3. The van der Waals surface area contributed by atoms with Crippen molar-refractivity contribution in [2.75, 3.05) is 13.3 Å². The first-order valence-corrected chi connectivity index (χ1v) is 11.7. The molecule has 6 nitrogen and oxygen atoms in total. The van der Waals surface area contributed by atoms with Crippen LogP contribution in [0.1, 0.15) is 16.7 Å². The molecular formula is C15H18I3N3O3. The van der Waals surface area contributed by atoms with Crippen molar-refractivity contribution in [2.45, 2.75) is 19.6 Å². The number of benzene rings is 1. The highest BCUT2D eigenvalue weighted by molar-refractivity contribution is 14.1. The van der Waals surface area contributed by atoms with Crippen LogP contribution in [0.15, 0.2) is 18.2 Å². The zero-order valence-corrected chi connectivity index (χ0v) is 19.3. The van der Waals surface area contributed by atoms with E-state index in [2.05, 4.69) is 16.0 Å². The molecule has 0 fully saturated rings. The molecule has 1 aromatic rings. The van der Waals surface area contributed by atoms with Crippen LogP contribution in [0, 0.1) is 0 Å². The van der Waals surface area contributed by atoms with E-state index in [1.54, 1.807) is 0 Å². The fraction of sp³-hybridized carbons (Fsp3) is 0.400. The topological polar surface area (TPSA) is 87.3 Å². The van der Waals surface area contributed by atoms with Crippen LogP contribution in [0.2, 0.25) is 0 Å². The molecule has 0 spiro atoms. The Morgan fingerprint density at radius 1 is 0.625 bits per heavy atom. The lowest BCUT2D eigenvalue weighted by Crippen LogP contribution is -2.26. The fourth-order valence-electron chi connectivity index (χ4n) is 1.89. The molecule has 0 aliphatic rings. The van der Waals surface area contributed by atoms with E-state index < -0.39 is 0 Å². The number of carbonyl (C=O) groups is 3. The van der Waals surface area contributed by atoms with Gasteiger partial charge in [-0.3, -0.25) is 14.4 Å². The molecule has 0 radical (unpaired) electrons. The molecule has 0 atom stereocenters. The van der Waals surface area contributed by atoms with Crippen molar-refractivity contribution >= 4 is 85.5 Å².